The van der Waals surface area contributed by atoms with E-state index >= 15 is 0 Å². The van der Waals surface area contributed by atoms with Gasteiger partial charge in [-0.05, 0) is 42.7 Å². The fraction of sp³-hybridized carbons (Fsp3) is 0.389. The van der Waals surface area contributed by atoms with E-state index in [1.54, 1.807) is 7.11 Å². The molecule has 1 atom stereocenters. The molecule has 1 unspecified atom stereocenters. The Morgan fingerprint density at radius 1 is 1.14 bits per heavy atom. The molecule has 2 N–H and O–H groups in total. The summed E-state index contributed by atoms with van der Waals surface area (Å²) in [5.41, 5.74) is 8.79. The van der Waals surface area contributed by atoms with Crippen LogP contribution in [0.1, 0.15) is 36.7 Å². The third kappa shape index (κ3) is 3.39. The number of hydrogen-bond acceptors (Lipinski definition) is 3. The van der Waals surface area contributed by atoms with Crippen LogP contribution in [0, 0.1) is 12.8 Å². The molecule has 0 radical (unpaired) electrons. The number of pyridine rings is 1. The highest BCUT2D eigenvalue weighted by molar-refractivity contribution is 5.34. The Hall–Kier alpha value is -2.07. The third-order valence-electron chi connectivity index (χ3n) is 3.78. The minimum atomic E-state index is -0.433. The monoisotopic (exact) mass is 300 g/mol. The van der Waals surface area contributed by atoms with Gasteiger partial charge in [-0.25, -0.2) is 0 Å². The molecule has 1 aromatic carbocycles. The SMILES string of the molecule is COc1ccc(C(N)c2ccc(C)n(CC(C)C)c2=O)cc1. The summed E-state index contributed by atoms with van der Waals surface area (Å²) in [5.74, 6) is 1.18. The highest BCUT2D eigenvalue weighted by Gasteiger charge is 2.16. The van der Waals surface area contributed by atoms with Crippen molar-refractivity contribution in [3.05, 3.63) is 63.6 Å². The number of aromatic nitrogens is 1. The molecule has 2 aromatic rings. The van der Waals surface area contributed by atoms with E-state index in [2.05, 4.69) is 13.8 Å². The first-order chi connectivity index (χ1) is 10.4. The van der Waals surface area contributed by atoms with Gasteiger partial charge in [-0.3, -0.25) is 4.79 Å². The van der Waals surface area contributed by atoms with Gasteiger partial charge in [0.2, 0.25) is 0 Å². The van der Waals surface area contributed by atoms with Crippen molar-refractivity contribution in [1.29, 1.82) is 0 Å². The van der Waals surface area contributed by atoms with Crippen molar-refractivity contribution in [3.8, 4) is 5.75 Å². The third-order valence-corrected chi connectivity index (χ3v) is 3.78. The van der Waals surface area contributed by atoms with Gasteiger partial charge in [0.15, 0.2) is 0 Å². The number of ether oxygens (including phenoxy) is 1. The first-order valence-corrected chi connectivity index (χ1v) is 7.54. The lowest BCUT2D eigenvalue weighted by molar-refractivity contribution is 0.414. The van der Waals surface area contributed by atoms with Crippen molar-refractivity contribution < 1.29 is 4.74 Å². The molecule has 0 fully saturated rings. The average molecular weight is 300 g/mol. The first kappa shape index (κ1) is 16.3. The van der Waals surface area contributed by atoms with Crippen molar-refractivity contribution in [1.82, 2.24) is 4.57 Å². The highest BCUT2D eigenvalue weighted by Crippen LogP contribution is 2.20. The van der Waals surface area contributed by atoms with Crippen LogP contribution < -0.4 is 16.0 Å². The molecule has 4 nitrogen and oxygen atoms in total. The van der Waals surface area contributed by atoms with Gasteiger partial charge in [0, 0.05) is 17.8 Å². The van der Waals surface area contributed by atoms with E-state index in [0.29, 0.717) is 18.0 Å². The predicted molar refractivity (Wildman–Crippen MR) is 89.3 cm³/mol. The second kappa shape index (κ2) is 6.79. The maximum absolute atomic E-state index is 12.7. The second-order valence-corrected chi connectivity index (χ2v) is 5.99. The molecule has 0 saturated carbocycles. The Kier molecular flexibility index (Phi) is 5.03. The zero-order valence-electron chi connectivity index (χ0n) is 13.7. The number of hydrogen-bond donors (Lipinski definition) is 1. The van der Waals surface area contributed by atoms with Gasteiger partial charge in [0.25, 0.3) is 5.56 Å². The minimum absolute atomic E-state index is 0.00276. The van der Waals surface area contributed by atoms with Crippen LogP contribution in [-0.2, 0) is 6.54 Å². The van der Waals surface area contributed by atoms with Crippen molar-refractivity contribution in [2.24, 2.45) is 11.7 Å². The quantitative estimate of drug-likeness (QED) is 0.923. The molecule has 0 spiro atoms. The van der Waals surface area contributed by atoms with Crippen LogP contribution in [0.5, 0.6) is 5.75 Å². The Morgan fingerprint density at radius 3 is 2.32 bits per heavy atom. The van der Waals surface area contributed by atoms with Crippen molar-refractivity contribution in [3.63, 3.8) is 0 Å². The number of benzene rings is 1. The van der Waals surface area contributed by atoms with Gasteiger partial charge < -0.3 is 15.0 Å². The van der Waals surface area contributed by atoms with Crippen LogP contribution in [-0.4, -0.2) is 11.7 Å². The lowest BCUT2D eigenvalue weighted by Crippen LogP contribution is -2.31. The maximum Gasteiger partial charge on any atom is 0.255 e. The number of aryl methyl sites for hydroxylation is 1. The standard InChI is InChI=1S/C18H24N2O2/c1-12(2)11-20-13(3)5-10-16(18(20)21)17(19)14-6-8-15(22-4)9-7-14/h5-10,12,17H,11,19H2,1-4H3. The molecular formula is C18H24N2O2. The number of nitrogens with zero attached hydrogens (tertiary/aromatic N) is 1. The van der Waals surface area contributed by atoms with E-state index in [-0.39, 0.29) is 5.56 Å². The topological polar surface area (TPSA) is 57.2 Å². The fourth-order valence-corrected chi connectivity index (χ4v) is 2.51. The molecule has 118 valence electrons. The molecule has 1 heterocycles. The molecule has 0 aliphatic heterocycles. The summed E-state index contributed by atoms with van der Waals surface area (Å²) < 4.78 is 6.96. The zero-order valence-corrected chi connectivity index (χ0v) is 13.7. The molecule has 0 amide bonds. The molecule has 2 rings (SSSR count). The Balaban J connectivity index is 2.40. The molecule has 0 aliphatic carbocycles. The number of rotatable bonds is 5. The van der Waals surface area contributed by atoms with Gasteiger partial charge in [-0.1, -0.05) is 26.0 Å². The molecule has 0 saturated heterocycles. The summed E-state index contributed by atoms with van der Waals surface area (Å²) in [6.07, 6.45) is 0. The highest BCUT2D eigenvalue weighted by atomic mass is 16.5. The van der Waals surface area contributed by atoms with Crippen LogP contribution in [0.2, 0.25) is 0 Å². The lowest BCUT2D eigenvalue weighted by Gasteiger charge is -2.17. The van der Waals surface area contributed by atoms with E-state index in [1.807, 2.05) is 47.9 Å². The van der Waals surface area contributed by atoms with Gasteiger partial charge >= 0.3 is 0 Å². The average Bonchev–Trinajstić information content (AvgIpc) is 2.51. The Morgan fingerprint density at radius 2 is 1.77 bits per heavy atom. The van der Waals surface area contributed by atoms with E-state index in [0.717, 1.165) is 17.0 Å². The Labute approximate surface area is 131 Å². The van der Waals surface area contributed by atoms with Crippen molar-refractivity contribution >= 4 is 0 Å². The molecule has 22 heavy (non-hydrogen) atoms. The maximum atomic E-state index is 12.7. The fourth-order valence-electron chi connectivity index (χ4n) is 2.51. The van der Waals surface area contributed by atoms with E-state index in [9.17, 15) is 4.79 Å². The molecule has 0 aliphatic rings. The predicted octanol–water partition coefficient (Wildman–Crippen LogP) is 2.87. The lowest BCUT2D eigenvalue weighted by atomic mass is 10.00. The van der Waals surface area contributed by atoms with Crippen LogP contribution in [0.15, 0.2) is 41.2 Å². The van der Waals surface area contributed by atoms with Crippen LogP contribution in [0.3, 0.4) is 0 Å². The number of methoxy groups -OCH3 is 1. The summed E-state index contributed by atoms with van der Waals surface area (Å²) in [6.45, 7) is 6.85. The molecule has 0 bridgehead atoms. The molecular weight excluding hydrogens is 276 g/mol. The van der Waals surface area contributed by atoms with Crippen LogP contribution >= 0.6 is 0 Å². The van der Waals surface area contributed by atoms with Gasteiger partial charge in [0.05, 0.1) is 13.2 Å². The van der Waals surface area contributed by atoms with Gasteiger partial charge in [-0.2, -0.15) is 0 Å². The second-order valence-electron chi connectivity index (χ2n) is 5.99. The Bertz CT molecular complexity index is 687. The van der Waals surface area contributed by atoms with E-state index in [1.165, 1.54) is 0 Å². The van der Waals surface area contributed by atoms with E-state index < -0.39 is 6.04 Å². The smallest absolute Gasteiger partial charge is 0.255 e. The van der Waals surface area contributed by atoms with E-state index in [4.69, 9.17) is 10.5 Å². The summed E-state index contributed by atoms with van der Waals surface area (Å²) in [5, 5.41) is 0. The van der Waals surface area contributed by atoms with Crippen molar-refractivity contribution in [2.45, 2.75) is 33.4 Å². The van der Waals surface area contributed by atoms with Gasteiger partial charge in [0.1, 0.15) is 5.75 Å². The largest absolute Gasteiger partial charge is 0.497 e. The van der Waals surface area contributed by atoms with Crippen LogP contribution in [0.25, 0.3) is 0 Å². The zero-order chi connectivity index (χ0) is 16.3. The molecule has 4 heteroatoms. The van der Waals surface area contributed by atoms with Crippen LogP contribution in [0.4, 0.5) is 0 Å². The summed E-state index contributed by atoms with van der Waals surface area (Å²) >= 11 is 0. The molecule has 1 aromatic heterocycles. The first-order valence-electron chi connectivity index (χ1n) is 7.54. The van der Waals surface area contributed by atoms with Gasteiger partial charge in [-0.15, -0.1) is 0 Å². The number of nitrogens with two attached hydrogens (primary N) is 1. The summed E-state index contributed by atoms with van der Waals surface area (Å²) in [7, 11) is 1.62. The minimum Gasteiger partial charge on any atom is -0.497 e. The summed E-state index contributed by atoms with van der Waals surface area (Å²) in [4.78, 5) is 12.7. The van der Waals surface area contributed by atoms with Crippen molar-refractivity contribution in [2.75, 3.05) is 7.11 Å². The normalized spacial score (nSPS) is 12.5. The summed E-state index contributed by atoms with van der Waals surface area (Å²) in [6, 6.07) is 10.9.